The van der Waals surface area contributed by atoms with E-state index < -0.39 is 77.7 Å². The lowest BCUT2D eigenvalue weighted by atomic mass is 10.00. The number of unbranched alkanes of at least 4 members (excludes halogenated alkanes) is 1. The smallest absolute Gasteiger partial charge is 0.326 e. The van der Waals surface area contributed by atoms with Crippen LogP contribution in [0.3, 0.4) is 0 Å². The second-order valence-corrected chi connectivity index (χ2v) is 15.4. The summed E-state index contributed by atoms with van der Waals surface area (Å²) in [6.07, 6.45) is 2.26. The molecule has 0 saturated carbocycles. The molecule has 2 aromatic carbocycles. The Morgan fingerprint density at radius 2 is 1.19 bits per heavy atom. The lowest BCUT2D eigenvalue weighted by Crippen LogP contribution is -2.60. The highest BCUT2D eigenvalue weighted by Crippen LogP contribution is 2.20. The Bertz CT molecular complexity index is 2000. The van der Waals surface area contributed by atoms with Gasteiger partial charge >= 0.3 is 5.97 Å². The van der Waals surface area contributed by atoms with Crippen LogP contribution in [0.25, 0.3) is 10.9 Å². The molecule has 0 spiro atoms. The number of carboxylic acid groups (broad SMARTS) is 1. The molecule has 0 radical (unpaired) electrons. The fraction of sp³-hybridized carbons (Fsp3) is 0.476. The summed E-state index contributed by atoms with van der Waals surface area (Å²) in [5, 5.41) is 23.9. The summed E-state index contributed by atoms with van der Waals surface area (Å²) in [7, 11) is 0. The summed E-state index contributed by atoms with van der Waals surface area (Å²) in [4.78, 5) is 100. The number of primary amides is 1. The van der Waals surface area contributed by atoms with Crippen LogP contribution < -0.4 is 55.3 Å². The number of aromatic nitrogens is 1. The first-order valence-electron chi connectivity index (χ1n) is 20.6. The quantitative estimate of drug-likeness (QED) is 0.0247. The molecular formula is C42H62N12O8. The van der Waals surface area contributed by atoms with E-state index in [-0.39, 0.29) is 63.4 Å². The summed E-state index contributed by atoms with van der Waals surface area (Å²) in [5.41, 5.74) is 30.2. The van der Waals surface area contributed by atoms with Crippen molar-refractivity contribution in [1.29, 1.82) is 0 Å². The number of amides is 6. The molecule has 0 aliphatic rings. The standard InChI is InChI=1S/C42H62N12O8/c1-24(2)35(45)40(60)54-33(22-26-23-49-28-14-7-6-13-27(26)28)39(59)50-29(15-8-9-19-43)36(56)53-32(21-25-11-4-3-5-12-25)38(58)51-30(17-18-34(44)55)37(57)52-31(41(61)62)16-10-20-48-42(46)47/h3-7,11-14,23-24,29-33,35,49H,8-10,15-22,43,45H2,1-2H3,(H2,44,55)(H,50,59)(H,51,58)(H,52,57)(H,53,56)(H,54,60)(H,61,62)(H4,46,47,48)/t29-,30-,31-,32-,33-,35-/m0/s1. The minimum atomic E-state index is -1.45. The van der Waals surface area contributed by atoms with Gasteiger partial charge in [0.2, 0.25) is 35.4 Å². The molecule has 1 aromatic heterocycles. The van der Waals surface area contributed by atoms with Crippen molar-refractivity contribution in [3.63, 3.8) is 0 Å². The second-order valence-electron chi connectivity index (χ2n) is 15.4. The molecule has 62 heavy (non-hydrogen) atoms. The Hall–Kier alpha value is -6.54. The lowest BCUT2D eigenvalue weighted by Gasteiger charge is -2.27. The maximum atomic E-state index is 14.3. The van der Waals surface area contributed by atoms with Crippen molar-refractivity contribution in [3.8, 4) is 0 Å². The van der Waals surface area contributed by atoms with Gasteiger partial charge in [-0.1, -0.05) is 62.4 Å². The number of nitrogens with two attached hydrogens (primary N) is 5. The van der Waals surface area contributed by atoms with Crippen LogP contribution in [0, 0.1) is 5.92 Å². The number of carbonyl (C=O) groups excluding carboxylic acids is 6. The Morgan fingerprint density at radius 3 is 1.79 bits per heavy atom. The normalized spacial score (nSPS) is 14.0. The van der Waals surface area contributed by atoms with Crippen molar-refractivity contribution in [2.45, 2.75) is 108 Å². The highest BCUT2D eigenvalue weighted by Gasteiger charge is 2.33. The molecule has 0 saturated heterocycles. The zero-order valence-electron chi connectivity index (χ0n) is 35.2. The SMILES string of the molecule is CC(C)[C@H](N)C(=O)N[C@@H](Cc1c[nH]c2ccccc12)C(=O)N[C@@H](CCCCN)C(=O)N[C@@H](Cc1ccccc1)C(=O)N[C@@H](CCC(N)=O)C(=O)N[C@@H](CCCN=C(N)N)C(=O)O. The molecule has 20 heteroatoms. The number of aromatic amines is 1. The zero-order valence-corrected chi connectivity index (χ0v) is 35.2. The molecule has 6 amide bonds. The number of guanidine groups is 1. The third-order valence-corrected chi connectivity index (χ3v) is 10.1. The van der Waals surface area contributed by atoms with E-state index in [1.807, 2.05) is 24.3 Å². The van der Waals surface area contributed by atoms with Crippen molar-refractivity contribution in [2.75, 3.05) is 13.1 Å². The molecule has 338 valence electrons. The van der Waals surface area contributed by atoms with Crippen molar-refractivity contribution >= 4 is 58.3 Å². The highest BCUT2D eigenvalue weighted by molar-refractivity contribution is 5.97. The van der Waals surface area contributed by atoms with E-state index in [0.29, 0.717) is 24.9 Å². The molecule has 17 N–H and O–H groups in total. The van der Waals surface area contributed by atoms with Crippen LogP contribution in [-0.4, -0.2) is 107 Å². The van der Waals surface area contributed by atoms with Crippen LogP contribution >= 0.6 is 0 Å². The first-order valence-corrected chi connectivity index (χ1v) is 20.6. The minimum Gasteiger partial charge on any atom is -0.480 e. The number of fused-ring (bicyclic) bond motifs is 1. The molecule has 3 aromatic rings. The third kappa shape index (κ3) is 16.5. The number of rotatable bonds is 27. The Labute approximate surface area is 360 Å². The van der Waals surface area contributed by atoms with Gasteiger partial charge in [0.15, 0.2) is 5.96 Å². The molecule has 6 atom stereocenters. The van der Waals surface area contributed by atoms with Crippen LogP contribution in [0.2, 0.25) is 0 Å². The number of hydrogen-bond acceptors (Lipinski definition) is 10. The van der Waals surface area contributed by atoms with Gasteiger partial charge in [-0.05, 0) is 68.2 Å². The molecule has 1 heterocycles. The summed E-state index contributed by atoms with van der Waals surface area (Å²) in [5.74, 6) is -6.28. The van der Waals surface area contributed by atoms with Crippen LogP contribution in [0.4, 0.5) is 0 Å². The number of H-pyrrole nitrogens is 1. The van der Waals surface area contributed by atoms with Crippen LogP contribution in [0.1, 0.15) is 69.9 Å². The van der Waals surface area contributed by atoms with E-state index in [0.717, 1.165) is 16.5 Å². The Balaban J connectivity index is 1.92. The number of carbonyl (C=O) groups is 7. The number of aliphatic imine (C=N–C) groups is 1. The first kappa shape index (κ1) is 49.8. The molecule has 0 aliphatic heterocycles. The van der Waals surface area contributed by atoms with E-state index in [1.54, 1.807) is 50.4 Å². The number of benzene rings is 2. The highest BCUT2D eigenvalue weighted by atomic mass is 16.4. The number of hydrogen-bond donors (Lipinski definition) is 12. The van der Waals surface area contributed by atoms with Crippen molar-refractivity contribution < 1.29 is 38.7 Å². The van der Waals surface area contributed by atoms with Gasteiger partial charge < -0.3 is 65.3 Å². The predicted molar refractivity (Wildman–Crippen MR) is 233 cm³/mol. The third-order valence-electron chi connectivity index (χ3n) is 10.1. The average Bonchev–Trinajstić information content (AvgIpc) is 3.64. The monoisotopic (exact) mass is 862 g/mol. The van der Waals surface area contributed by atoms with Gasteiger partial charge in [-0.3, -0.25) is 33.8 Å². The number of nitrogens with one attached hydrogen (secondary N) is 6. The number of aliphatic carboxylic acids is 1. The number of para-hydroxylation sites is 1. The van der Waals surface area contributed by atoms with Crippen LogP contribution in [0.15, 0.2) is 65.8 Å². The maximum absolute atomic E-state index is 14.3. The second kappa shape index (κ2) is 25.3. The van der Waals surface area contributed by atoms with Gasteiger partial charge in [-0.15, -0.1) is 0 Å². The predicted octanol–water partition coefficient (Wildman–Crippen LogP) is -1.11. The number of nitrogens with zero attached hydrogens (tertiary/aromatic N) is 1. The van der Waals surface area contributed by atoms with E-state index in [2.05, 4.69) is 36.6 Å². The van der Waals surface area contributed by atoms with Crippen LogP contribution in [-0.2, 0) is 46.4 Å². The van der Waals surface area contributed by atoms with E-state index in [1.165, 1.54) is 0 Å². The minimum absolute atomic E-state index is 0.0519. The Morgan fingerprint density at radius 1 is 0.661 bits per heavy atom. The van der Waals surface area contributed by atoms with E-state index in [9.17, 15) is 38.7 Å². The molecule has 0 aliphatic carbocycles. The maximum Gasteiger partial charge on any atom is 0.326 e. The largest absolute Gasteiger partial charge is 0.480 e. The summed E-state index contributed by atoms with van der Waals surface area (Å²) >= 11 is 0. The van der Waals surface area contributed by atoms with Crippen molar-refractivity contribution in [3.05, 3.63) is 71.9 Å². The van der Waals surface area contributed by atoms with Gasteiger partial charge in [0, 0.05) is 42.9 Å². The van der Waals surface area contributed by atoms with E-state index >= 15 is 0 Å². The van der Waals surface area contributed by atoms with Crippen LogP contribution in [0.5, 0.6) is 0 Å². The summed E-state index contributed by atoms with van der Waals surface area (Å²) in [6, 6.07) is 8.65. The number of carboxylic acids is 1. The van der Waals surface area contributed by atoms with Gasteiger partial charge in [-0.25, -0.2) is 4.79 Å². The fourth-order valence-electron chi connectivity index (χ4n) is 6.53. The molecule has 20 nitrogen and oxygen atoms in total. The fourth-order valence-corrected chi connectivity index (χ4v) is 6.53. The molecule has 3 rings (SSSR count). The van der Waals surface area contributed by atoms with Gasteiger partial charge in [0.1, 0.15) is 30.2 Å². The lowest BCUT2D eigenvalue weighted by molar-refractivity contribution is -0.142. The van der Waals surface area contributed by atoms with Crippen molar-refractivity contribution in [1.82, 2.24) is 31.6 Å². The van der Waals surface area contributed by atoms with Gasteiger partial charge in [0.05, 0.1) is 6.04 Å². The molecule has 0 bridgehead atoms. The van der Waals surface area contributed by atoms with Crippen molar-refractivity contribution in [2.24, 2.45) is 39.6 Å². The Kier molecular flexibility index (Phi) is 20.3. The molecule has 0 unspecified atom stereocenters. The average molecular weight is 863 g/mol. The zero-order chi connectivity index (χ0) is 45.8. The topological polar surface area (TPSA) is 358 Å². The summed E-state index contributed by atoms with van der Waals surface area (Å²) < 4.78 is 0. The van der Waals surface area contributed by atoms with E-state index in [4.69, 9.17) is 28.7 Å². The first-order chi connectivity index (χ1) is 29.5. The van der Waals surface area contributed by atoms with Gasteiger partial charge in [-0.2, -0.15) is 0 Å². The molecule has 0 fully saturated rings. The summed E-state index contributed by atoms with van der Waals surface area (Å²) in [6.45, 7) is 3.96. The van der Waals surface area contributed by atoms with Gasteiger partial charge in [0.25, 0.3) is 0 Å². The molecular weight excluding hydrogens is 801 g/mol.